The van der Waals surface area contributed by atoms with Crippen molar-refractivity contribution in [3.63, 3.8) is 0 Å². The number of aryl methyl sites for hydroxylation is 1. The standard InChI is InChI=1S/C21H22N4O3/c1-3-25(13-18-23-17-7-5-4-6-16(17)21(28)24-18)19(26)12-22-20(27)15-10-8-14(2)9-11-15/h4-11H,3,12-13H2,1-2H3,(H,22,27)(H,23,24,28). The predicted molar refractivity (Wildman–Crippen MR) is 107 cm³/mol. The first-order valence-electron chi connectivity index (χ1n) is 9.08. The molecule has 3 aromatic rings. The molecular weight excluding hydrogens is 356 g/mol. The zero-order valence-corrected chi connectivity index (χ0v) is 15.9. The van der Waals surface area contributed by atoms with Gasteiger partial charge in [-0.2, -0.15) is 0 Å². The Morgan fingerprint density at radius 1 is 1.11 bits per heavy atom. The van der Waals surface area contributed by atoms with Crippen LogP contribution >= 0.6 is 0 Å². The minimum atomic E-state index is -0.304. The van der Waals surface area contributed by atoms with Crippen LogP contribution in [-0.2, 0) is 11.3 Å². The van der Waals surface area contributed by atoms with E-state index in [2.05, 4.69) is 15.3 Å². The van der Waals surface area contributed by atoms with E-state index in [1.807, 2.05) is 32.0 Å². The quantitative estimate of drug-likeness (QED) is 0.686. The van der Waals surface area contributed by atoms with Gasteiger partial charge in [0.05, 0.1) is 24.0 Å². The summed E-state index contributed by atoms with van der Waals surface area (Å²) < 4.78 is 0. The average Bonchev–Trinajstić information content (AvgIpc) is 2.70. The smallest absolute Gasteiger partial charge is 0.258 e. The SMILES string of the molecule is CCN(Cc1nc2ccccc2c(=O)[nH]1)C(=O)CNC(=O)c1ccc(C)cc1. The third-order valence-corrected chi connectivity index (χ3v) is 4.45. The number of nitrogens with one attached hydrogen (secondary N) is 2. The maximum atomic E-state index is 12.5. The number of para-hydroxylation sites is 1. The van der Waals surface area contributed by atoms with Crippen molar-refractivity contribution in [2.45, 2.75) is 20.4 Å². The summed E-state index contributed by atoms with van der Waals surface area (Å²) in [7, 11) is 0. The van der Waals surface area contributed by atoms with E-state index in [1.165, 1.54) is 4.90 Å². The number of nitrogens with zero attached hydrogens (tertiary/aromatic N) is 2. The number of amides is 2. The molecule has 144 valence electrons. The number of aromatic nitrogens is 2. The fraction of sp³-hybridized carbons (Fsp3) is 0.238. The molecule has 0 fully saturated rings. The van der Waals surface area contributed by atoms with Crippen molar-refractivity contribution in [2.75, 3.05) is 13.1 Å². The Labute approximate surface area is 162 Å². The number of benzene rings is 2. The topological polar surface area (TPSA) is 95.2 Å². The highest BCUT2D eigenvalue weighted by Gasteiger charge is 2.16. The van der Waals surface area contributed by atoms with E-state index in [0.29, 0.717) is 28.8 Å². The third kappa shape index (κ3) is 4.43. The fourth-order valence-electron chi connectivity index (χ4n) is 2.84. The van der Waals surface area contributed by atoms with E-state index in [-0.39, 0.29) is 30.5 Å². The van der Waals surface area contributed by atoms with Gasteiger partial charge < -0.3 is 15.2 Å². The third-order valence-electron chi connectivity index (χ3n) is 4.45. The van der Waals surface area contributed by atoms with Crippen LogP contribution < -0.4 is 10.9 Å². The van der Waals surface area contributed by atoms with Gasteiger partial charge in [0.1, 0.15) is 5.82 Å². The van der Waals surface area contributed by atoms with Gasteiger partial charge in [-0.25, -0.2) is 4.98 Å². The monoisotopic (exact) mass is 378 g/mol. The normalized spacial score (nSPS) is 10.6. The molecule has 28 heavy (non-hydrogen) atoms. The van der Waals surface area contributed by atoms with Crippen molar-refractivity contribution >= 4 is 22.7 Å². The van der Waals surface area contributed by atoms with Crippen LogP contribution in [0.5, 0.6) is 0 Å². The van der Waals surface area contributed by atoms with Gasteiger partial charge in [0.2, 0.25) is 5.91 Å². The summed E-state index contributed by atoms with van der Waals surface area (Å²) in [5.74, 6) is -0.149. The molecule has 2 aromatic carbocycles. The van der Waals surface area contributed by atoms with Gasteiger partial charge in [0.25, 0.3) is 11.5 Å². The van der Waals surface area contributed by atoms with Crippen LogP contribution in [0.25, 0.3) is 10.9 Å². The number of likely N-dealkylation sites (N-methyl/N-ethyl adjacent to an activating group) is 1. The van der Waals surface area contributed by atoms with Crippen LogP contribution in [-0.4, -0.2) is 39.8 Å². The minimum absolute atomic E-state index is 0.127. The molecule has 1 aromatic heterocycles. The zero-order chi connectivity index (χ0) is 20.1. The van der Waals surface area contributed by atoms with Gasteiger partial charge in [-0.05, 0) is 38.1 Å². The van der Waals surface area contributed by atoms with Crippen LogP contribution in [0, 0.1) is 6.92 Å². The van der Waals surface area contributed by atoms with Gasteiger partial charge in [0.15, 0.2) is 0 Å². The lowest BCUT2D eigenvalue weighted by Gasteiger charge is -2.20. The van der Waals surface area contributed by atoms with Gasteiger partial charge in [-0.1, -0.05) is 29.8 Å². The summed E-state index contributed by atoms with van der Waals surface area (Å²) in [6.07, 6.45) is 0. The van der Waals surface area contributed by atoms with Crippen LogP contribution in [0.1, 0.15) is 28.7 Å². The number of carbonyl (C=O) groups is 2. The molecule has 2 N–H and O–H groups in total. The lowest BCUT2D eigenvalue weighted by Crippen LogP contribution is -2.40. The lowest BCUT2D eigenvalue weighted by molar-refractivity contribution is -0.130. The minimum Gasteiger partial charge on any atom is -0.343 e. The van der Waals surface area contributed by atoms with E-state index in [9.17, 15) is 14.4 Å². The first kappa shape index (κ1) is 19.3. The second-order valence-electron chi connectivity index (χ2n) is 6.49. The molecule has 7 nitrogen and oxygen atoms in total. The van der Waals surface area contributed by atoms with Crippen molar-refractivity contribution in [1.29, 1.82) is 0 Å². The van der Waals surface area contributed by atoms with Crippen LogP contribution in [0.3, 0.4) is 0 Å². The maximum absolute atomic E-state index is 12.5. The molecular formula is C21H22N4O3. The number of hydrogen-bond acceptors (Lipinski definition) is 4. The number of carbonyl (C=O) groups excluding carboxylic acids is 2. The van der Waals surface area contributed by atoms with E-state index in [0.717, 1.165) is 5.56 Å². The molecule has 0 saturated heterocycles. The Hall–Kier alpha value is -3.48. The molecule has 0 aliphatic heterocycles. The highest BCUT2D eigenvalue weighted by Crippen LogP contribution is 2.07. The van der Waals surface area contributed by atoms with E-state index >= 15 is 0 Å². The van der Waals surface area contributed by atoms with Crippen molar-refractivity contribution in [3.8, 4) is 0 Å². The second kappa shape index (κ2) is 8.47. The van der Waals surface area contributed by atoms with Crippen molar-refractivity contribution in [1.82, 2.24) is 20.2 Å². The second-order valence-corrected chi connectivity index (χ2v) is 6.49. The molecule has 0 spiro atoms. The summed E-state index contributed by atoms with van der Waals surface area (Å²) in [5.41, 5.74) is 1.90. The Bertz CT molecular complexity index is 1060. The van der Waals surface area contributed by atoms with E-state index < -0.39 is 0 Å². The van der Waals surface area contributed by atoms with Crippen LogP contribution in [0.2, 0.25) is 0 Å². The van der Waals surface area contributed by atoms with Gasteiger partial charge in [-0.3, -0.25) is 14.4 Å². The average molecular weight is 378 g/mol. The molecule has 0 bridgehead atoms. The van der Waals surface area contributed by atoms with E-state index in [4.69, 9.17) is 0 Å². The van der Waals surface area contributed by atoms with Crippen molar-refractivity contribution in [2.24, 2.45) is 0 Å². The Morgan fingerprint density at radius 3 is 2.54 bits per heavy atom. The van der Waals surface area contributed by atoms with Gasteiger partial charge in [-0.15, -0.1) is 0 Å². The highest BCUT2D eigenvalue weighted by atomic mass is 16.2. The van der Waals surface area contributed by atoms with Crippen molar-refractivity contribution in [3.05, 3.63) is 75.8 Å². The van der Waals surface area contributed by atoms with Crippen LogP contribution in [0.4, 0.5) is 0 Å². The molecule has 0 atom stereocenters. The molecule has 0 saturated carbocycles. The molecule has 1 heterocycles. The molecule has 0 aliphatic rings. The number of hydrogen-bond donors (Lipinski definition) is 2. The number of aromatic amines is 1. The fourth-order valence-corrected chi connectivity index (χ4v) is 2.84. The Morgan fingerprint density at radius 2 is 1.82 bits per heavy atom. The number of fused-ring (bicyclic) bond motifs is 1. The number of rotatable bonds is 6. The van der Waals surface area contributed by atoms with Gasteiger partial charge in [0, 0.05) is 12.1 Å². The summed E-state index contributed by atoms with van der Waals surface area (Å²) in [4.78, 5) is 45.5. The summed E-state index contributed by atoms with van der Waals surface area (Å²) in [6.45, 7) is 4.23. The molecule has 0 aliphatic carbocycles. The molecule has 0 unspecified atom stereocenters. The first-order valence-corrected chi connectivity index (χ1v) is 9.08. The Kier molecular flexibility index (Phi) is 5.84. The summed E-state index contributed by atoms with van der Waals surface area (Å²) in [6, 6.07) is 14.2. The van der Waals surface area contributed by atoms with Gasteiger partial charge >= 0.3 is 0 Å². The molecule has 3 rings (SSSR count). The molecule has 0 radical (unpaired) electrons. The maximum Gasteiger partial charge on any atom is 0.258 e. The predicted octanol–water partition coefficient (Wildman–Crippen LogP) is 2.01. The first-order chi connectivity index (χ1) is 13.5. The van der Waals surface area contributed by atoms with E-state index in [1.54, 1.807) is 30.3 Å². The Balaban J connectivity index is 1.66. The van der Waals surface area contributed by atoms with Crippen molar-refractivity contribution < 1.29 is 9.59 Å². The zero-order valence-electron chi connectivity index (χ0n) is 15.9. The summed E-state index contributed by atoms with van der Waals surface area (Å²) >= 11 is 0. The molecule has 7 heteroatoms. The lowest BCUT2D eigenvalue weighted by atomic mass is 10.1. The summed E-state index contributed by atoms with van der Waals surface area (Å²) in [5, 5.41) is 3.14. The number of H-pyrrole nitrogens is 1. The van der Waals surface area contributed by atoms with Crippen LogP contribution in [0.15, 0.2) is 53.3 Å². The highest BCUT2D eigenvalue weighted by molar-refractivity contribution is 5.96. The molecule has 2 amide bonds. The largest absolute Gasteiger partial charge is 0.343 e.